The lowest BCUT2D eigenvalue weighted by Gasteiger charge is -2.24. The molecule has 11 heteroatoms. The quantitative estimate of drug-likeness (QED) is 0.620. The van der Waals surface area contributed by atoms with Crippen LogP contribution in [0.25, 0.3) is 0 Å². The highest BCUT2D eigenvalue weighted by molar-refractivity contribution is 8.15. The van der Waals surface area contributed by atoms with E-state index in [9.17, 15) is 22.4 Å². The number of amides is 1. The van der Waals surface area contributed by atoms with E-state index in [1.807, 2.05) is 0 Å². The molecule has 1 saturated heterocycles. The summed E-state index contributed by atoms with van der Waals surface area (Å²) in [6.45, 7) is 1.73. The standard InChI is InChI=1S/C22H22FN3O5S2/c1-2-31-21(28)16-5-3-4-6-17(16)24-20(27)11-26(15-9-7-14(23)8-10-15)22-25-18-12-33(29,30)13-19(18)32-22/h3-10,18-19H,2,11-13H2,1H3,(H,24,27). The highest BCUT2D eigenvalue weighted by atomic mass is 32.2. The second-order valence-corrected chi connectivity index (χ2v) is 10.9. The van der Waals surface area contributed by atoms with Gasteiger partial charge in [-0.2, -0.15) is 0 Å². The van der Waals surface area contributed by atoms with E-state index < -0.39 is 27.5 Å². The molecule has 0 saturated carbocycles. The molecular weight excluding hydrogens is 469 g/mol. The van der Waals surface area contributed by atoms with Crippen LogP contribution in [0.5, 0.6) is 0 Å². The highest BCUT2D eigenvalue weighted by Gasteiger charge is 2.44. The minimum atomic E-state index is -3.13. The first-order valence-corrected chi connectivity index (χ1v) is 13.0. The van der Waals surface area contributed by atoms with Crippen molar-refractivity contribution in [3.05, 3.63) is 59.9 Å². The van der Waals surface area contributed by atoms with Crippen molar-refractivity contribution in [1.82, 2.24) is 0 Å². The van der Waals surface area contributed by atoms with Crippen LogP contribution in [0.3, 0.4) is 0 Å². The van der Waals surface area contributed by atoms with Gasteiger partial charge in [-0.25, -0.2) is 17.6 Å². The summed E-state index contributed by atoms with van der Waals surface area (Å²) in [5.41, 5.74) is 1.08. The summed E-state index contributed by atoms with van der Waals surface area (Å²) < 4.78 is 42.3. The summed E-state index contributed by atoms with van der Waals surface area (Å²) in [7, 11) is -3.13. The summed E-state index contributed by atoms with van der Waals surface area (Å²) in [5.74, 6) is -1.39. The molecule has 33 heavy (non-hydrogen) atoms. The Morgan fingerprint density at radius 2 is 1.91 bits per heavy atom. The van der Waals surface area contributed by atoms with Gasteiger partial charge in [-0.15, -0.1) is 0 Å². The van der Waals surface area contributed by atoms with Crippen molar-refractivity contribution in [1.29, 1.82) is 0 Å². The SMILES string of the molecule is CCOC(=O)c1ccccc1NC(=O)CN(C1=NC2CS(=O)(=O)CC2S1)c1ccc(F)cc1. The Labute approximate surface area is 195 Å². The number of nitrogens with zero attached hydrogens (tertiary/aromatic N) is 2. The van der Waals surface area contributed by atoms with Gasteiger partial charge in [-0.3, -0.25) is 9.79 Å². The van der Waals surface area contributed by atoms with Crippen LogP contribution in [0.15, 0.2) is 53.5 Å². The van der Waals surface area contributed by atoms with Gasteiger partial charge in [0.05, 0.1) is 35.4 Å². The van der Waals surface area contributed by atoms with E-state index in [-0.39, 0.29) is 41.5 Å². The van der Waals surface area contributed by atoms with Crippen molar-refractivity contribution < 1.29 is 27.1 Å². The number of halogens is 1. The third-order valence-electron chi connectivity index (χ3n) is 5.17. The van der Waals surface area contributed by atoms with Crippen molar-refractivity contribution in [2.24, 2.45) is 4.99 Å². The lowest BCUT2D eigenvalue weighted by atomic mass is 10.2. The van der Waals surface area contributed by atoms with E-state index in [2.05, 4.69) is 10.3 Å². The molecule has 2 aromatic carbocycles. The number of rotatable bonds is 6. The Bertz CT molecular complexity index is 1200. The minimum absolute atomic E-state index is 0.0233. The molecule has 0 aliphatic carbocycles. The molecule has 1 fully saturated rings. The van der Waals surface area contributed by atoms with E-state index in [0.717, 1.165) is 0 Å². The average Bonchev–Trinajstić information content (AvgIpc) is 3.26. The number of esters is 1. The van der Waals surface area contributed by atoms with E-state index in [1.54, 1.807) is 36.1 Å². The number of nitrogens with one attached hydrogen (secondary N) is 1. The Hall–Kier alpha value is -2.92. The fourth-order valence-corrected chi connectivity index (χ4v) is 7.45. The van der Waals surface area contributed by atoms with Gasteiger partial charge in [-0.1, -0.05) is 23.9 Å². The highest BCUT2D eigenvalue weighted by Crippen LogP contribution is 2.36. The molecule has 0 spiro atoms. The van der Waals surface area contributed by atoms with Gasteiger partial charge in [0.25, 0.3) is 0 Å². The minimum Gasteiger partial charge on any atom is -0.462 e. The molecule has 1 N–H and O–H groups in total. The number of hydrogen-bond donors (Lipinski definition) is 1. The fraction of sp³-hybridized carbons (Fsp3) is 0.318. The van der Waals surface area contributed by atoms with Crippen LogP contribution in [-0.4, -0.2) is 61.4 Å². The number of sulfone groups is 1. The number of para-hydroxylation sites is 1. The van der Waals surface area contributed by atoms with Crippen molar-refractivity contribution in [2.45, 2.75) is 18.2 Å². The van der Waals surface area contributed by atoms with E-state index >= 15 is 0 Å². The monoisotopic (exact) mass is 491 g/mol. The number of ether oxygens (including phenoxy) is 1. The fourth-order valence-electron chi connectivity index (χ4n) is 3.67. The van der Waals surface area contributed by atoms with Crippen LogP contribution in [-0.2, 0) is 19.4 Å². The summed E-state index contributed by atoms with van der Waals surface area (Å²) in [5, 5.41) is 3.03. The van der Waals surface area contributed by atoms with Crippen molar-refractivity contribution in [2.75, 3.05) is 34.9 Å². The van der Waals surface area contributed by atoms with Crippen molar-refractivity contribution in [3.8, 4) is 0 Å². The number of fused-ring (bicyclic) bond motifs is 1. The number of anilines is 2. The largest absolute Gasteiger partial charge is 0.462 e. The number of amidine groups is 1. The van der Waals surface area contributed by atoms with Gasteiger partial charge in [0.1, 0.15) is 12.4 Å². The summed E-state index contributed by atoms with van der Waals surface area (Å²) in [6.07, 6.45) is 0. The van der Waals surface area contributed by atoms with E-state index in [4.69, 9.17) is 4.74 Å². The van der Waals surface area contributed by atoms with Crippen LogP contribution in [0.1, 0.15) is 17.3 Å². The molecule has 2 unspecified atom stereocenters. The number of carbonyl (C=O) groups excluding carboxylic acids is 2. The molecule has 2 aromatic rings. The molecule has 2 heterocycles. The third kappa shape index (κ3) is 5.36. The zero-order chi connectivity index (χ0) is 23.6. The van der Waals surface area contributed by atoms with Crippen molar-refractivity contribution in [3.63, 3.8) is 0 Å². The number of thioether (sulfide) groups is 1. The molecule has 0 aromatic heterocycles. The lowest BCUT2D eigenvalue weighted by molar-refractivity contribution is -0.114. The Morgan fingerprint density at radius 1 is 1.18 bits per heavy atom. The average molecular weight is 492 g/mol. The maximum absolute atomic E-state index is 13.5. The molecule has 0 bridgehead atoms. The summed E-state index contributed by atoms with van der Waals surface area (Å²) in [4.78, 5) is 31.3. The van der Waals surface area contributed by atoms with Gasteiger partial charge in [0.2, 0.25) is 5.91 Å². The molecule has 2 aliphatic heterocycles. The number of carbonyl (C=O) groups is 2. The number of aliphatic imine (C=N–C) groups is 1. The smallest absolute Gasteiger partial charge is 0.340 e. The normalized spacial score (nSPS) is 20.6. The first-order chi connectivity index (χ1) is 15.8. The summed E-state index contributed by atoms with van der Waals surface area (Å²) in [6, 6.07) is 11.8. The Kier molecular flexibility index (Phi) is 6.71. The molecular formula is C22H22FN3O5S2. The van der Waals surface area contributed by atoms with Gasteiger partial charge < -0.3 is 15.0 Å². The third-order valence-corrected chi connectivity index (χ3v) is 8.42. The molecule has 2 aliphatic rings. The molecule has 174 valence electrons. The molecule has 4 rings (SSSR count). The van der Waals surface area contributed by atoms with Crippen LogP contribution in [0.4, 0.5) is 15.8 Å². The summed E-state index contributed by atoms with van der Waals surface area (Å²) >= 11 is 1.30. The maximum Gasteiger partial charge on any atom is 0.340 e. The van der Waals surface area contributed by atoms with Crippen LogP contribution in [0, 0.1) is 5.82 Å². The molecule has 8 nitrogen and oxygen atoms in total. The van der Waals surface area contributed by atoms with E-state index in [1.165, 1.54) is 36.0 Å². The molecule has 1 amide bonds. The zero-order valence-electron chi connectivity index (χ0n) is 17.7. The van der Waals surface area contributed by atoms with Gasteiger partial charge in [-0.05, 0) is 43.3 Å². The predicted molar refractivity (Wildman–Crippen MR) is 126 cm³/mol. The van der Waals surface area contributed by atoms with Crippen LogP contribution in [0.2, 0.25) is 0 Å². The lowest BCUT2D eigenvalue weighted by Crippen LogP contribution is -2.37. The Morgan fingerprint density at radius 3 is 2.61 bits per heavy atom. The van der Waals surface area contributed by atoms with Crippen molar-refractivity contribution >= 4 is 50.0 Å². The topological polar surface area (TPSA) is 105 Å². The molecule has 0 radical (unpaired) electrons. The van der Waals surface area contributed by atoms with Gasteiger partial charge in [0.15, 0.2) is 15.0 Å². The number of hydrogen-bond acceptors (Lipinski definition) is 8. The van der Waals surface area contributed by atoms with Gasteiger partial charge in [0, 0.05) is 10.9 Å². The van der Waals surface area contributed by atoms with E-state index in [0.29, 0.717) is 16.5 Å². The zero-order valence-corrected chi connectivity index (χ0v) is 19.4. The molecule has 2 atom stereocenters. The maximum atomic E-state index is 13.5. The van der Waals surface area contributed by atoms with Crippen LogP contribution >= 0.6 is 11.8 Å². The van der Waals surface area contributed by atoms with Gasteiger partial charge >= 0.3 is 5.97 Å². The van der Waals surface area contributed by atoms with Crippen LogP contribution < -0.4 is 10.2 Å². The second kappa shape index (κ2) is 9.52. The first kappa shape index (κ1) is 23.2. The first-order valence-electron chi connectivity index (χ1n) is 10.3. The Balaban J connectivity index is 1.56. The predicted octanol–water partition coefficient (Wildman–Crippen LogP) is 2.72. The second-order valence-electron chi connectivity index (χ2n) is 7.59. The number of benzene rings is 2.